The van der Waals surface area contributed by atoms with E-state index in [1.54, 1.807) is 32.5 Å². The van der Waals surface area contributed by atoms with Crippen molar-refractivity contribution in [3.63, 3.8) is 0 Å². The molecule has 0 fully saturated rings. The number of thiophene rings is 1. The number of hydrogen-bond acceptors (Lipinski definition) is 5. The SMILES string of the molecule is CCNC(=NCC(C)(C)c1ccc(OC)c(OC)c1)NCC(C)(O)c1ccsc1. The molecule has 6 nitrogen and oxygen atoms in total. The van der Waals surface area contributed by atoms with E-state index < -0.39 is 5.60 Å². The molecule has 0 radical (unpaired) electrons. The van der Waals surface area contributed by atoms with Crippen molar-refractivity contribution in [1.82, 2.24) is 10.6 Å². The highest BCUT2D eigenvalue weighted by Crippen LogP contribution is 2.33. The van der Waals surface area contributed by atoms with E-state index in [0.29, 0.717) is 30.5 Å². The molecular formula is C22H33N3O3S. The Labute approximate surface area is 178 Å². The Kier molecular flexibility index (Phi) is 7.93. The van der Waals surface area contributed by atoms with Gasteiger partial charge in [0.1, 0.15) is 5.60 Å². The second-order valence-corrected chi connectivity index (χ2v) is 8.57. The van der Waals surface area contributed by atoms with Gasteiger partial charge in [0.25, 0.3) is 0 Å². The molecular weight excluding hydrogens is 386 g/mol. The minimum Gasteiger partial charge on any atom is -0.493 e. The number of guanidine groups is 1. The maximum absolute atomic E-state index is 10.7. The number of aliphatic hydroxyl groups is 1. The van der Waals surface area contributed by atoms with Crippen LogP contribution in [0.2, 0.25) is 0 Å². The second-order valence-electron chi connectivity index (χ2n) is 7.79. The minimum atomic E-state index is -0.963. The van der Waals surface area contributed by atoms with Crippen LogP contribution in [0.4, 0.5) is 0 Å². The molecule has 0 amide bonds. The predicted octanol–water partition coefficient (Wildman–Crippen LogP) is 3.51. The highest BCUT2D eigenvalue weighted by atomic mass is 32.1. The normalized spacial score (nSPS) is 14.2. The van der Waals surface area contributed by atoms with Crippen molar-refractivity contribution in [2.45, 2.75) is 38.7 Å². The Morgan fingerprint density at radius 3 is 2.38 bits per heavy atom. The molecule has 2 aromatic rings. The van der Waals surface area contributed by atoms with Gasteiger partial charge in [-0.15, -0.1) is 0 Å². The first-order chi connectivity index (χ1) is 13.7. The van der Waals surface area contributed by atoms with Gasteiger partial charge >= 0.3 is 0 Å². The molecule has 7 heteroatoms. The molecule has 0 spiro atoms. The van der Waals surface area contributed by atoms with E-state index in [9.17, 15) is 5.11 Å². The maximum Gasteiger partial charge on any atom is 0.191 e. The fourth-order valence-electron chi connectivity index (χ4n) is 2.90. The molecule has 29 heavy (non-hydrogen) atoms. The van der Waals surface area contributed by atoms with Gasteiger partial charge in [0.2, 0.25) is 0 Å². The van der Waals surface area contributed by atoms with Crippen LogP contribution in [0.5, 0.6) is 11.5 Å². The van der Waals surface area contributed by atoms with Crippen LogP contribution >= 0.6 is 11.3 Å². The highest BCUT2D eigenvalue weighted by Gasteiger charge is 2.25. The van der Waals surface area contributed by atoms with Crippen molar-refractivity contribution in [1.29, 1.82) is 0 Å². The Morgan fingerprint density at radius 2 is 1.79 bits per heavy atom. The van der Waals surface area contributed by atoms with E-state index in [0.717, 1.165) is 17.7 Å². The topological polar surface area (TPSA) is 75.1 Å². The summed E-state index contributed by atoms with van der Waals surface area (Å²) in [6, 6.07) is 7.90. The zero-order chi connectivity index (χ0) is 21.5. The van der Waals surface area contributed by atoms with Crippen LogP contribution in [0.25, 0.3) is 0 Å². The Bertz CT molecular complexity index is 802. The fourth-order valence-corrected chi connectivity index (χ4v) is 3.68. The highest BCUT2D eigenvalue weighted by molar-refractivity contribution is 7.08. The van der Waals surface area contributed by atoms with Crippen molar-refractivity contribution in [3.8, 4) is 11.5 Å². The third-order valence-corrected chi connectivity index (χ3v) is 5.57. The van der Waals surface area contributed by atoms with E-state index in [4.69, 9.17) is 14.5 Å². The molecule has 1 atom stereocenters. The number of benzene rings is 1. The number of aliphatic imine (C=N–C) groups is 1. The molecule has 0 aliphatic rings. The Hall–Kier alpha value is -2.25. The fraction of sp³-hybridized carbons (Fsp3) is 0.500. The lowest BCUT2D eigenvalue weighted by Crippen LogP contribution is -2.45. The van der Waals surface area contributed by atoms with Crippen LogP contribution in [-0.2, 0) is 11.0 Å². The minimum absolute atomic E-state index is 0.211. The molecule has 0 aliphatic carbocycles. The maximum atomic E-state index is 10.7. The average molecular weight is 420 g/mol. The molecule has 0 bridgehead atoms. The smallest absolute Gasteiger partial charge is 0.191 e. The monoisotopic (exact) mass is 419 g/mol. The van der Waals surface area contributed by atoms with Gasteiger partial charge in [-0.3, -0.25) is 4.99 Å². The molecule has 1 unspecified atom stereocenters. The van der Waals surface area contributed by atoms with Crippen LogP contribution in [-0.4, -0.2) is 44.9 Å². The van der Waals surface area contributed by atoms with Gasteiger partial charge in [-0.1, -0.05) is 19.9 Å². The summed E-state index contributed by atoms with van der Waals surface area (Å²) in [4.78, 5) is 4.76. The summed E-state index contributed by atoms with van der Waals surface area (Å²) in [6.45, 7) is 9.78. The molecule has 1 aromatic heterocycles. The van der Waals surface area contributed by atoms with Gasteiger partial charge < -0.3 is 25.2 Å². The van der Waals surface area contributed by atoms with Crippen molar-refractivity contribution in [3.05, 3.63) is 46.2 Å². The second kappa shape index (κ2) is 9.98. The molecule has 0 saturated heterocycles. The van der Waals surface area contributed by atoms with Crippen LogP contribution in [0.1, 0.15) is 38.8 Å². The van der Waals surface area contributed by atoms with Crippen molar-refractivity contribution in [2.75, 3.05) is 33.9 Å². The summed E-state index contributed by atoms with van der Waals surface area (Å²) in [5, 5.41) is 21.2. The van der Waals surface area contributed by atoms with Gasteiger partial charge in [0.15, 0.2) is 17.5 Å². The Morgan fingerprint density at radius 1 is 1.07 bits per heavy atom. The van der Waals surface area contributed by atoms with Crippen molar-refractivity contribution < 1.29 is 14.6 Å². The predicted molar refractivity (Wildman–Crippen MR) is 120 cm³/mol. The van der Waals surface area contributed by atoms with Crippen LogP contribution in [0.15, 0.2) is 40.0 Å². The van der Waals surface area contributed by atoms with Gasteiger partial charge in [-0.2, -0.15) is 11.3 Å². The summed E-state index contributed by atoms with van der Waals surface area (Å²) in [7, 11) is 3.27. The van der Waals surface area contributed by atoms with Crippen LogP contribution in [0.3, 0.4) is 0 Å². The summed E-state index contributed by atoms with van der Waals surface area (Å²) in [5.74, 6) is 2.09. The summed E-state index contributed by atoms with van der Waals surface area (Å²) < 4.78 is 10.8. The summed E-state index contributed by atoms with van der Waals surface area (Å²) in [6.07, 6.45) is 0. The number of ether oxygens (including phenoxy) is 2. The molecule has 0 aliphatic heterocycles. The number of nitrogens with one attached hydrogen (secondary N) is 2. The quantitative estimate of drug-likeness (QED) is 0.428. The van der Waals surface area contributed by atoms with Gasteiger partial charge in [0, 0.05) is 12.0 Å². The lowest BCUT2D eigenvalue weighted by molar-refractivity contribution is 0.0621. The van der Waals surface area contributed by atoms with E-state index >= 15 is 0 Å². The molecule has 1 heterocycles. The summed E-state index contributed by atoms with van der Waals surface area (Å²) >= 11 is 1.57. The lowest BCUT2D eigenvalue weighted by Gasteiger charge is -2.26. The van der Waals surface area contributed by atoms with Gasteiger partial charge in [0.05, 0.1) is 27.3 Å². The average Bonchev–Trinajstić information content (AvgIpc) is 3.25. The largest absolute Gasteiger partial charge is 0.493 e. The summed E-state index contributed by atoms with van der Waals surface area (Å²) in [5.41, 5.74) is 0.837. The van der Waals surface area contributed by atoms with Crippen molar-refractivity contribution >= 4 is 17.3 Å². The van der Waals surface area contributed by atoms with E-state index in [2.05, 4.69) is 24.5 Å². The van der Waals surface area contributed by atoms with E-state index in [-0.39, 0.29) is 5.41 Å². The number of hydrogen-bond donors (Lipinski definition) is 3. The molecule has 1 aromatic carbocycles. The third-order valence-electron chi connectivity index (χ3n) is 4.88. The standard InChI is InChI=1S/C22H33N3O3S/c1-7-23-20(25-15-22(4,26)17-10-11-29-13-17)24-14-21(2,3)16-8-9-18(27-5)19(12-16)28-6/h8-13,26H,7,14-15H2,1-6H3,(H2,23,24,25). The lowest BCUT2D eigenvalue weighted by atomic mass is 9.84. The van der Waals surface area contributed by atoms with Gasteiger partial charge in [-0.25, -0.2) is 0 Å². The zero-order valence-electron chi connectivity index (χ0n) is 18.2. The van der Waals surface area contributed by atoms with E-state index in [1.807, 2.05) is 41.9 Å². The number of rotatable bonds is 9. The molecule has 3 N–H and O–H groups in total. The van der Waals surface area contributed by atoms with Crippen LogP contribution in [0, 0.1) is 0 Å². The number of nitrogens with zero attached hydrogens (tertiary/aromatic N) is 1. The molecule has 2 rings (SSSR count). The third kappa shape index (κ3) is 6.11. The zero-order valence-corrected chi connectivity index (χ0v) is 19.0. The van der Waals surface area contributed by atoms with Crippen LogP contribution < -0.4 is 20.1 Å². The number of methoxy groups -OCH3 is 2. The Balaban J connectivity index is 2.12. The molecule has 0 saturated carbocycles. The van der Waals surface area contributed by atoms with E-state index in [1.165, 1.54) is 0 Å². The first kappa shape index (κ1) is 23.0. The van der Waals surface area contributed by atoms with Crippen molar-refractivity contribution in [2.24, 2.45) is 4.99 Å². The molecule has 160 valence electrons. The first-order valence-corrected chi connectivity index (χ1v) is 10.7. The van der Waals surface area contributed by atoms with Gasteiger partial charge in [-0.05, 0) is 53.9 Å². The first-order valence-electron chi connectivity index (χ1n) is 9.73.